The number of nitrogens with zero attached hydrogens (tertiary/aromatic N) is 3. The van der Waals surface area contributed by atoms with E-state index < -0.39 is 35.1 Å². The second kappa shape index (κ2) is 5.24. The molecular formula is C12H6F4N4O. The number of ether oxygens (including phenoxy) is 1. The number of hydrogen-bond donors (Lipinski definition) is 1. The van der Waals surface area contributed by atoms with E-state index in [1.54, 1.807) is 6.07 Å². The average molecular weight is 298 g/mol. The minimum Gasteiger partial charge on any atom is -0.437 e. The maximum absolute atomic E-state index is 13.4. The van der Waals surface area contributed by atoms with Gasteiger partial charge in [0.05, 0.1) is 0 Å². The number of halogens is 4. The zero-order valence-corrected chi connectivity index (χ0v) is 10.1. The molecule has 2 rings (SSSR count). The van der Waals surface area contributed by atoms with Crippen LogP contribution in [0.1, 0.15) is 11.3 Å². The number of nitriles is 1. The van der Waals surface area contributed by atoms with Crippen LogP contribution in [0.2, 0.25) is 0 Å². The molecule has 0 aliphatic carbocycles. The quantitative estimate of drug-likeness (QED) is 0.862. The van der Waals surface area contributed by atoms with Crippen molar-refractivity contribution in [2.24, 2.45) is 0 Å². The van der Waals surface area contributed by atoms with Crippen molar-refractivity contribution < 1.29 is 22.3 Å². The van der Waals surface area contributed by atoms with Gasteiger partial charge in [-0.1, -0.05) is 6.07 Å². The number of alkyl halides is 3. The number of anilines is 1. The lowest BCUT2D eigenvalue weighted by Gasteiger charge is -2.10. The lowest BCUT2D eigenvalue weighted by molar-refractivity contribution is -0.141. The fourth-order valence-electron chi connectivity index (χ4n) is 1.45. The Balaban J connectivity index is 2.44. The number of rotatable bonds is 2. The first-order chi connectivity index (χ1) is 9.81. The van der Waals surface area contributed by atoms with Crippen molar-refractivity contribution in [3.63, 3.8) is 0 Å². The summed E-state index contributed by atoms with van der Waals surface area (Å²) < 4.78 is 56.1. The van der Waals surface area contributed by atoms with Gasteiger partial charge in [-0.15, -0.1) is 0 Å². The zero-order valence-electron chi connectivity index (χ0n) is 10.1. The summed E-state index contributed by atoms with van der Waals surface area (Å²) in [5.41, 5.74) is 3.41. The summed E-state index contributed by atoms with van der Waals surface area (Å²) in [5, 5.41) is 8.81. The molecule has 2 N–H and O–H groups in total. The Labute approximate surface area is 115 Å². The van der Waals surface area contributed by atoms with E-state index in [1.165, 1.54) is 12.1 Å². The summed E-state index contributed by atoms with van der Waals surface area (Å²) in [6, 6.07) is 5.52. The molecular weight excluding hydrogens is 292 g/mol. The number of nitrogens with two attached hydrogens (primary N) is 1. The van der Waals surface area contributed by atoms with Crippen LogP contribution in [0.15, 0.2) is 24.3 Å². The third-order valence-electron chi connectivity index (χ3n) is 2.31. The normalized spacial score (nSPS) is 11.0. The van der Waals surface area contributed by atoms with Crippen molar-refractivity contribution >= 4 is 5.95 Å². The average Bonchev–Trinajstić information content (AvgIpc) is 2.37. The van der Waals surface area contributed by atoms with Gasteiger partial charge in [0, 0.05) is 6.07 Å². The molecule has 0 bridgehead atoms. The van der Waals surface area contributed by atoms with Gasteiger partial charge in [-0.05, 0) is 12.1 Å². The molecule has 108 valence electrons. The molecule has 0 unspecified atom stereocenters. The molecule has 5 nitrogen and oxygen atoms in total. The maximum Gasteiger partial charge on any atom is 0.433 e. The highest BCUT2D eigenvalue weighted by atomic mass is 19.4. The van der Waals surface area contributed by atoms with Gasteiger partial charge in [0.1, 0.15) is 23.2 Å². The summed E-state index contributed by atoms with van der Waals surface area (Å²) in [7, 11) is 0. The number of aromatic nitrogens is 2. The molecule has 1 heterocycles. The first kappa shape index (κ1) is 14.5. The summed E-state index contributed by atoms with van der Waals surface area (Å²) in [5.74, 6) is -2.34. The lowest BCUT2D eigenvalue weighted by Crippen LogP contribution is -2.11. The molecule has 1 aromatic carbocycles. The fourth-order valence-corrected chi connectivity index (χ4v) is 1.45. The van der Waals surface area contributed by atoms with Crippen molar-refractivity contribution in [1.29, 1.82) is 5.26 Å². The van der Waals surface area contributed by atoms with Gasteiger partial charge in [-0.3, -0.25) is 0 Å². The molecule has 0 radical (unpaired) electrons. The maximum atomic E-state index is 13.4. The fraction of sp³-hybridized carbons (Fsp3) is 0.0833. The minimum atomic E-state index is -4.74. The van der Waals surface area contributed by atoms with Crippen LogP contribution in [-0.4, -0.2) is 9.97 Å². The predicted molar refractivity (Wildman–Crippen MR) is 62.6 cm³/mol. The first-order valence-electron chi connectivity index (χ1n) is 5.39. The Morgan fingerprint density at radius 2 is 1.95 bits per heavy atom. The summed E-state index contributed by atoms with van der Waals surface area (Å²) in [6.07, 6.45) is -4.74. The van der Waals surface area contributed by atoms with Crippen molar-refractivity contribution in [1.82, 2.24) is 9.97 Å². The minimum absolute atomic E-state index is 0.274. The van der Waals surface area contributed by atoms with Crippen LogP contribution in [0, 0.1) is 17.1 Å². The van der Waals surface area contributed by atoms with Gasteiger partial charge >= 0.3 is 6.18 Å². The molecule has 21 heavy (non-hydrogen) atoms. The van der Waals surface area contributed by atoms with Gasteiger partial charge in [-0.2, -0.15) is 23.4 Å². The van der Waals surface area contributed by atoms with Crippen LogP contribution < -0.4 is 10.5 Å². The van der Waals surface area contributed by atoms with E-state index in [4.69, 9.17) is 15.7 Å². The van der Waals surface area contributed by atoms with Gasteiger partial charge in [0.25, 0.3) is 0 Å². The highest BCUT2D eigenvalue weighted by molar-refractivity contribution is 5.45. The smallest absolute Gasteiger partial charge is 0.433 e. The molecule has 0 fully saturated rings. The van der Waals surface area contributed by atoms with Crippen LogP contribution in [0.5, 0.6) is 11.6 Å². The van der Waals surface area contributed by atoms with Crippen molar-refractivity contribution in [2.75, 3.05) is 5.73 Å². The van der Waals surface area contributed by atoms with Crippen LogP contribution >= 0.6 is 0 Å². The summed E-state index contributed by atoms with van der Waals surface area (Å²) in [4.78, 5) is 6.49. The predicted octanol–water partition coefficient (Wildman–Crippen LogP) is 2.88. The number of hydrogen-bond acceptors (Lipinski definition) is 5. The van der Waals surface area contributed by atoms with Crippen molar-refractivity contribution in [3.8, 4) is 17.7 Å². The number of benzene rings is 1. The summed E-state index contributed by atoms with van der Waals surface area (Å²) >= 11 is 0. The topological polar surface area (TPSA) is 84.8 Å². The molecule has 9 heteroatoms. The van der Waals surface area contributed by atoms with E-state index in [2.05, 4.69) is 9.97 Å². The van der Waals surface area contributed by atoms with Gasteiger partial charge < -0.3 is 10.5 Å². The highest BCUT2D eigenvalue weighted by Crippen LogP contribution is 2.32. The molecule has 0 atom stereocenters. The standard InChI is InChI=1S/C12H6F4N4O/c13-7-2-1-3-8(6(7)5-17)21-10-4-9(12(14,15)16)19-11(18)20-10/h1-4H,(H2,18,19,20). The van der Waals surface area contributed by atoms with Crippen LogP contribution in [0.4, 0.5) is 23.5 Å². The highest BCUT2D eigenvalue weighted by Gasteiger charge is 2.34. The number of nitrogen functional groups attached to an aromatic ring is 1. The van der Waals surface area contributed by atoms with Crippen LogP contribution in [0.25, 0.3) is 0 Å². The van der Waals surface area contributed by atoms with E-state index >= 15 is 0 Å². The Hall–Kier alpha value is -2.89. The summed E-state index contributed by atoms with van der Waals surface area (Å²) in [6.45, 7) is 0. The van der Waals surface area contributed by atoms with Crippen LogP contribution in [0.3, 0.4) is 0 Å². The van der Waals surface area contributed by atoms with Crippen LogP contribution in [-0.2, 0) is 6.18 Å². The molecule has 0 saturated carbocycles. The van der Waals surface area contributed by atoms with Crippen molar-refractivity contribution in [2.45, 2.75) is 6.18 Å². The zero-order chi connectivity index (χ0) is 15.6. The van der Waals surface area contributed by atoms with E-state index in [0.717, 1.165) is 6.07 Å². The van der Waals surface area contributed by atoms with E-state index in [1.807, 2.05) is 0 Å². The molecule has 1 aromatic heterocycles. The first-order valence-corrected chi connectivity index (χ1v) is 5.39. The second-order valence-corrected chi connectivity index (χ2v) is 3.77. The molecule has 0 aliphatic heterocycles. The Morgan fingerprint density at radius 3 is 2.57 bits per heavy atom. The largest absolute Gasteiger partial charge is 0.437 e. The lowest BCUT2D eigenvalue weighted by atomic mass is 10.2. The van der Waals surface area contributed by atoms with E-state index in [9.17, 15) is 17.6 Å². The van der Waals surface area contributed by atoms with Gasteiger partial charge in [0.2, 0.25) is 11.8 Å². The second-order valence-electron chi connectivity index (χ2n) is 3.77. The van der Waals surface area contributed by atoms with Crippen molar-refractivity contribution in [3.05, 3.63) is 41.3 Å². The molecule has 2 aromatic rings. The third-order valence-corrected chi connectivity index (χ3v) is 2.31. The molecule has 0 amide bonds. The van der Waals surface area contributed by atoms with E-state index in [-0.39, 0.29) is 5.75 Å². The molecule has 0 spiro atoms. The SMILES string of the molecule is N#Cc1c(F)cccc1Oc1cc(C(F)(F)F)nc(N)n1. The monoisotopic (exact) mass is 298 g/mol. The van der Waals surface area contributed by atoms with Gasteiger partial charge in [-0.25, -0.2) is 9.37 Å². The third kappa shape index (κ3) is 3.17. The van der Waals surface area contributed by atoms with Gasteiger partial charge in [0.15, 0.2) is 5.69 Å². The molecule has 0 saturated heterocycles. The van der Waals surface area contributed by atoms with E-state index in [0.29, 0.717) is 6.07 Å². The Bertz CT molecular complexity index is 724. The molecule has 0 aliphatic rings. The Morgan fingerprint density at radius 1 is 1.24 bits per heavy atom. The Kier molecular flexibility index (Phi) is 3.62.